The van der Waals surface area contributed by atoms with Crippen LogP contribution in [0, 0.1) is 6.92 Å². The molecule has 0 aromatic carbocycles. The first-order chi connectivity index (χ1) is 8.56. The summed E-state index contributed by atoms with van der Waals surface area (Å²) in [4.78, 5) is 10.7. The van der Waals surface area contributed by atoms with Gasteiger partial charge in [0.05, 0.1) is 13.2 Å². The fraction of sp³-hybridized carbons (Fsp3) is 0.667. The van der Waals surface area contributed by atoms with E-state index in [1.807, 2.05) is 24.1 Å². The van der Waals surface area contributed by atoms with Crippen LogP contribution in [0.15, 0.2) is 11.2 Å². The van der Waals surface area contributed by atoms with Gasteiger partial charge < -0.3 is 9.64 Å². The van der Waals surface area contributed by atoms with Gasteiger partial charge in [0, 0.05) is 31.8 Å². The summed E-state index contributed by atoms with van der Waals surface area (Å²) >= 11 is 1.50. The number of halogens is 1. The molecule has 2 rings (SSSR count). The predicted molar refractivity (Wildman–Crippen MR) is 71.1 cm³/mol. The van der Waals surface area contributed by atoms with E-state index in [0.29, 0.717) is 19.5 Å². The van der Waals surface area contributed by atoms with Gasteiger partial charge in [-0.1, -0.05) is 11.8 Å². The van der Waals surface area contributed by atoms with Gasteiger partial charge >= 0.3 is 0 Å². The highest BCUT2D eigenvalue weighted by atomic mass is 32.2. The van der Waals surface area contributed by atoms with Crippen molar-refractivity contribution >= 4 is 17.6 Å². The Morgan fingerprint density at radius 3 is 3.00 bits per heavy atom. The number of aromatic nitrogens is 2. The molecule has 2 heterocycles. The summed E-state index contributed by atoms with van der Waals surface area (Å²) in [6, 6.07) is 1.90. The van der Waals surface area contributed by atoms with Crippen molar-refractivity contribution < 1.29 is 9.13 Å². The molecule has 0 aliphatic carbocycles. The van der Waals surface area contributed by atoms with Crippen LogP contribution >= 0.6 is 11.8 Å². The molecule has 1 atom stereocenters. The number of aryl methyl sites for hydroxylation is 1. The van der Waals surface area contributed by atoms with Crippen molar-refractivity contribution in [2.75, 3.05) is 38.0 Å². The van der Waals surface area contributed by atoms with E-state index in [1.54, 1.807) is 0 Å². The van der Waals surface area contributed by atoms with Crippen molar-refractivity contribution in [3.63, 3.8) is 0 Å². The number of hydrogen-bond acceptors (Lipinski definition) is 5. The highest BCUT2D eigenvalue weighted by Gasteiger charge is 2.39. The van der Waals surface area contributed by atoms with E-state index in [4.69, 9.17) is 4.74 Å². The van der Waals surface area contributed by atoms with Crippen molar-refractivity contribution in [3.8, 4) is 0 Å². The average molecular weight is 271 g/mol. The standard InChI is InChI=1S/C12H18FN3OS/c1-9-6-10(15-11(14-9)18-3)16-5-4-12(13,7-16)8-17-2/h6H,4-5,7-8H2,1-3H3. The van der Waals surface area contributed by atoms with Gasteiger partial charge in [-0.25, -0.2) is 14.4 Å². The van der Waals surface area contributed by atoms with Gasteiger partial charge in [-0.15, -0.1) is 0 Å². The van der Waals surface area contributed by atoms with Gasteiger partial charge in [-0.3, -0.25) is 0 Å². The van der Waals surface area contributed by atoms with Crippen LogP contribution in [0.2, 0.25) is 0 Å². The molecule has 1 aromatic heterocycles. The topological polar surface area (TPSA) is 38.2 Å². The number of nitrogens with zero attached hydrogens (tertiary/aromatic N) is 3. The third-order valence-corrected chi connectivity index (χ3v) is 3.58. The second-order valence-electron chi connectivity index (χ2n) is 4.61. The van der Waals surface area contributed by atoms with Crippen LogP contribution in [0.3, 0.4) is 0 Å². The summed E-state index contributed by atoms with van der Waals surface area (Å²) in [7, 11) is 1.53. The second kappa shape index (κ2) is 5.40. The van der Waals surface area contributed by atoms with Crippen LogP contribution in [-0.4, -0.2) is 48.7 Å². The van der Waals surface area contributed by atoms with E-state index >= 15 is 0 Å². The summed E-state index contributed by atoms with van der Waals surface area (Å²) in [5.74, 6) is 0.808. The van der Waals surface area contributed by atoms with Crippen LogP contribution < -0.4 is 4.90 Å². The molecule has 0 N–H and O–H groups in total. The second-order valence-corrected chi connectivity index (χ2v) is 5.38. The molecule has 0 radical (unpaired) electrons. The molecule has 6 heteroatoms. The Balaban J connectivity index is 2.16. The fourth-order valence-corrected chi connectivity index (χ4v) is 2.61. The maximum atomic E-state index is 14.3. The van der Waals surface area contributed by atoms with Crippen molar-refractivity contribution in [3.05, 3.63) is 11.8 Å². The van der Waals surface area contributed by atoms with E-state index in [2.05, 4.69) is 9.97 Å². The van der Waals surface area contributed by atoms with E-state index < -0.39 is 5.67 Å². The van der Waals surface area contributed by atoms with Crippen molar-refractivity contribution in [2.24, 2.45) is 0 Å². The monoisotopic (exact) mass is 271 g/mol. The first-order valence-corrected chi connectivity index (χ1v) is 7.11. The lowest BCUT2D eigenvalue weighted by molar-refractivity contribution is 0.0570. The summed E-state index contributed by atoms with van der Waals surface area (Å²) in [5, 5.41) is 0.730. The minimum absolute atomic E-state index is 0.142. The first kappa shape index (κ1) is 13.5. The van der Waals surface area contributed by atoms with Crippen LogP contribution in [0.5, 0.6) is 0 Å². The van der Waals surface area contributed by atoms with E-state index in [1.165, 1.54) is 18.9 Å². The molecule has 18 heavy (non-hydrogen) atoms. The molecule has 1 aliphatic rings. The van der Waals surface area contributed by atoms with E-state index in [-0.39, 0.29) is 6.61 Å². The van der Waals surface area contributed by atoms with Gasteiger partial charge in [-0.2, -0.15) is 0 Å². The number of anilines is 1. The summed E-state index contributed by atoms with van der Waals surface area (Å²) in [6.45, 7) is 3.08. The molecule has 1 unspecified atom stereocenters. The highest BCUT2D eigenvalue weighted by Crippen LogP contribution is 2.30. The number of alkyl halides is 1. The molecule has 4 nitrogen and oxygen atoms in total. The molecule has 100 valence electrons. The maximum absolute atomic E-state index is 14.3. The Labute approximate surface area is 111 Å². The Morgan fingerprint density at radius 1 is 1.56 bits per heavy atom. The molecule has 0 spiro atoms. The number of rotatable bonds is 4. The lowest BCUT2D eigenvalue weighted by atomic mass is 10.1. The Kier molecular flexibility index (Phi) is 4.07. The highest BCUT2D eigenvalue weighted by molar-refractivity contribution is 7.98. The molecule has 1 aliphatic heterocycles. The van der Waals surface area contributed by atoms with Crippen LogP contribution in [0.1, 0.15) is 12.1 Å². The summed E-state index contributed by atoms with van der Waals surface area (Å²) in [5.41, 5.74) is -0.347. The minimum Gasteiger partial charge on any atom is -0.381 e. The van der Waals surface area contributed by atoms with Crippen molar-refractivity contribution in [2.45, 2.75) is 24.2 Å². The van der Waals surface area contributed by atoms with Crippen LogP contribution in [0.25, 0.3) is 0 Å². The molecule has 1 saturated heterocycles. The lowest BCUT2D eigenvalue weighted by Gasteiger charge is -2.21. The fourth-order valence-electron chi connectivity index (χ4n) is 2.19. The first-order valence-electron chi connectivity index (χ1n) is 5.89. The zero-order valence-corrected chi connectivity index (χ0v) is 11.8. The predicted octanol–water partition coefficient (Wildman–Crippen LogP) is 2.07. The number of ether oxygens (including phenoxy) is 1. The van der Waals surface area contributed by atoms with Gasteiger partial charge in [0.15, 0.2) is 10.8 Å². The smallest absolute Gasteiger partial charge is 0.189 e. The summed E-state index contributed by atoms with van der Waals surface area (Å²) < 4.78 is 19.3. The van der Waals surface area contributed by atoms with Crippen molar-refractivity contribution in [1.82, 2.24) is 9.97 Å². The van der Waals surface area contributed by atoms with Gasteiger partial charge in [-0.05, 0) is 13.2 Å². The van der Waals surface area contributed by atoms with E-state index in [9.17, 15) is 4.39 Å². The lowest BCUT2D eigenvalue weighted by Crippen LogP contribution is -2.33. The molecule has 1 fully saturated rings. The molecule has 0 saturated carbocycles. The normalized spacial score (nSPS) is 23.7. The molecular weight excluding hydrogens is 253 g/mol. The maximum Gasteiger partial charge on any atom is 0.189 e. The van der Waals surface area contributed by atoms with Gasteiger partial charge in [0.25, 0.3) is 0 Å². The Bertz CT molecular complexity index is 432. The largest absolute Gasteiger partial charge is 0.381 e. The van der Waals surface area contributed by atoms with Crippen molar-refractivity contribution in [1.29, 1.82) is 0 Å². The quantitative estimate of drug-likeness (QED) is 0.619. The Hall–Kier alpha value is -0.880. The SMILES string of the molecule is COCC1(F)CCN(c2cc(C)nc(SC)n2)C1. The Morgan fingerprint density at radius 2 is 2.33 bits per heavy atom. The van der Waals surface area contributed by atoms with Gasteiger partial charge in [0.1, 0.15) is 5.82 Å². The number of hydrogen-bond donors (Lipinski definition) is 0. The average Bonchev–Trinajstić information content (AvgIpc) is 2.71. The molecule has 1 aromatic rings. The number of methoxy groups -OCH3 is 1. The van der Waals surface area contributed by atoms with E-state index in [0.717, 1.165) is 16.7 Å². The third kappa shape index (κ3) is 2.92. The molecular formula is C12H18FN3OS. The number of thioether (sulfide) groups is 1. The van der Waals surface area contributed by atoms with Crippen LogP contribution in [0.4, 0.5) is 10.2 Å². The minimum atomic E-state index is -1.26. The third-order valence-electron chi connectivity index (χ3n) is 3.03. The van der Waals surface area contributed by atoms with Crippen LogP contribution in [-0.2, 0) is 4.74 Å². The zero-order chi connectivity index (χ0) is 13.2. The summed E-state index contributed by atoms with van der Waals surface area (Å²) in [6.07, 6.45) is 2.42. The molecule has 0 amide bonds. The zero-order valence-electron chi connectivity index (χ0n) is 10.9. The molecule has 0 bridgehead atoms. The van der Waals surface area contributed by atoms with Gasteiger partial charge in [0.2, 0.25) is 0 Å².